The highest BCUT2D eigenvalue weighted by Gasteiger charge is 2.30. The topological polar surface area (TPSA) is 92.2 Å². The molecule has 1 fully saturated rings. The van der Waals surface area contributed by atoms with E-state index in [9.17, 15) is 4.79 Å². The third-order valence-corrected chi connectivity index (χ3v) is 2.96. The minimum Gasteiger partial charge on any atom is -0.377 e. The molecule has 1 amide bonds. The number of primary amides is 1. The average molecular weight is 267 g/mol. The molecule has 7 heteroatoms. The van der Waals surface area contributed by atoms with E-state index >= 15 is 0 Å². The predicted octanol–water partition coefficient (Wildman–Crippen LogP) is 0.297. The van der Waals surface area contributed by atoms with Crippen LogP contribution in [-0.2, 0) is 9.53 Å². The van der Waals surface area contributed by atoms with Crippen molar-refractivity contribution in [3.63, 3.8) is 0 Å². The Kier molecular flexibility index (Phi) is 3.65. The van der Waals surface area contributed by atoms with Crippen molar-refractivity contribution in [2.45, 2.75) is 6.04 Å². The fourth-order valence-electron chi connectivity index (χ4n) is 1.80. The number of carbonyl (C=O) groups excluding carboxylic acids is 1. The summed E-state index contributed by atoms with van der Waals surface area (Å²) in [7, 11) is 0. The Balaban J connectivity index is 2.34. The van der Waals surface area contributed by atoms with E-state index in [1.54, 1.807) is 4.90 Å². The van der Waals surface area contributed by atoms with Gasteiger partial charge in [-0.25, -0.2) is 4.98 Å². The molecule has 94 valence electrons. The Labute approximate surface area is 109 Å². The van der Waals surface area contributed by atoms with Gasteiger partial charge in [0.25, 0.3) is 0 Å². The summed E-state index contributed by atoms with van der Waals surface area (Å²) in [6, 6.07) is 2.88. The molecule has 1 aromatic rings. The molecule has 2 N–H and O–H groups in total. The molecule has 6 nitrogen and oxygen atoms in total. The number of nitriles is 1. The smallest absolute Gasteiger partial charge is 0.242 e. The highest BCUT2D eigenvalue weighted by molar-refractivity contribution is 6.33. The first-order valence-electron chi connectivity index (χ1n) is 5.33. The van der Waals surface area contributed by atoms with Gasteiger partial charge in [-0.2, -0.15) is 5.26 Å². The highest BCUT2D eigenvalue weighted by atomic mass is 35.5. The number of nitrogens with two attached hydrogens (primary N) is 1. The zero-order chi connectivity index (χ0) is 13.1. The van der Waals surface area contributed by atoms with Crippen molar-refractivity contribution in [3.05, 3.63) is 22.8 Å². The fraction of sp³-hybridized carbons (Fsp3) is 0.364. The fourth-order valence-corrected chi connectivity index (χ4v) is 2.07. The summed E-state index contributed by atoms with van der Waals surface area (Å²) in [4.78, 5) is 17.2. The van der Waals surface area contributed by atoms with Crippen LogP contribution in [-0.4, -0.2) is 36.7 Å². The molecule has 1 saturated heterocycles. The van der Waals surface area contributed by atoms with Crippen molar-refractivity contribution in [1.29, 1.82) is 5.26 Å². The second-order valence-electron chi connectivity index (χ2n) is 3.83. The van der Waals surface area contributed by atoms with Crippen LogP contribution in [0, 0.1) is 11.3 Å². The molecule has 2 rings (SSSR count). The van der Waals surface area contributed by atoms with Gasteiger partial charge in [-0.05, 0) is 6.07 Å². The Morgan fingerprint density at radius 3 is 3.11 bits per heavy atom. The maximum atomic E-state index is 11.3. The summed E-state index contributed by atoms with van der Waals surface area (Å²) in [6.45, 7) is 1.17. The maximum absolute atomic E-state index is 11.3. The maximum Gasteiger partial charge on any atom is 0.242 e. The van der Waals surface area contributed by atoms with E-state index in [4.69, 9.17) is 27.3 Å². The summed E-state index contributed by atoms with van der Waals surface area (Å²) >= 11 is 6.06. The molecule has 1 aliphatic heterocycles. The van der Waals surface area contributed by atoms with Crippen LogP contribution in [0.1, 0.15) is 5.56 Å². The Bertz CT molecular complexity index is 514. The van der Waals surface area contributed by atoms with Crippen LogP contribution in [0.2, 0.25) is 5.02 Å². The van der Waals surface area contributed by atoms with Gasteiger partial charge < -0.3 is 15.4 Å². The lowest BCUT2D eigenvalue weighted by Gasteiger charge is -2.34. The number of hydrogen-bond acceptors (Lipinski definition) is 5. The van der Waals surface area contributed by atoms with Gasteiger partial charge in [0, 0.05) is 12.7 Å². The number of anilines is 1. The quantitative estimate of drug-likeness (QED) is 0.831. The van der Waals surface area contributed by atoms with Gasteiger partial charge in [0.15, 0.2) is 0 Å². The third kappa shape index (κ3) is 2.37. The van der Waals surface area contributed by atoms with Crippen molar-refractivity contribution in [3.8, 4) is 6.07 Å². The predicted molar refractivity (Wildman–Crippen MR) is 65.1 cm³/mol. The first kappa shape index (κ1) is 12.6. The molecule has 0 radical (unpaired) electrons. The SMILES string of the molecule is N#Cc1cnc(N2CCOC[C@@H]2C(N)=O)c(Cl)c1. The number of morpholine rings is 1. The lowest BCUT2D eigenvalue weighted by Crippen LogP contribution is -2.53. The summed E-state index contributed by atoms with van der Waals surface area (Å²) in [6.07, 6.45) is 1.41. The molecule has 0 unspecified atom stereocenters. The molecule has 0 aliphatic carbocycles. The zero-order valence-electron chi connectivity index (χ0n) is 9.47. The second kappa shape index (κ2) is 5.21. The molecule has 1 atom stereocenters. The normalized spacial score (nSPS) is 19.3. The third-order valence-electron chi connectivity index (χ3n) is 2.68. The van der Waals surface area contributed by atoms with Gasteiger partial charge in [0.1, 0.15) is 17.9 Å². The lowest BCUT2D eigenvalue weighted by molar-refractivity contribution is -0.121. The van der Waals surface area contributed by atoms with Crippen LogP contribution >= 0.6 is 11.6 Å². The summed E-state index contributed by atoms with van der Waals surface area (Å²) in [5.74, 6) is -0.0420. The molecular formula is C11H11ClN4O2. The number of aromatic nitrogens is 1. The number of rotatable bonds is 2. The Hall–Kier alpha value is -1.84. The molecular weight excluding hydrogens is 256 g/mol. The first-order chi connectivity index (χ1) is 8.63. The zero-order valence-corrected chi connectivity index (χ0v) is 10.2. The molecule has 0 bridgehead atoms. The van der Waals surface area contributed by atoms with Gasteiger partial charge in [-0.15, -0.1) is 0 Å². The largest absolute Gasteiger partial charge is 0.377 e. The van der Waals surface area contributed by atoms with Crippen molar-refractivity contribution < 1.29 is 9.53 Å². The van der Waals surface area contributed by atoms with E-state index in [1.165, 1.54) is 12.3 Å². The highest BCUT2D eigenvalue weighted by Crippen LogP contribution is 2.26. The molecule has 0 aromatic carbocycles. The molecule has 0 spiro atoms. The van der Waals surface area contributed by atoms with Crippen LogP contribution in [0.5, 0.6) is 0 Å². The first-order valence-corrected chi connectivity index (χ1v) is 5.70. The number of amides is 1. The van der Waals surface area contributed by atoms with Crippen molar-refractivity contribution >= 4 is 23.3 Å². The van der Waals surface area contributed by atoms with E-state index < -0.39 is 11.9 Å². The van der Waals surface area contributed by atoms with Crippen LogP contribution in [0.15, 0.2) is 12.3 Å². The number of hydrogen-bond donors (Lipinski definition) is 1. The van der Waals surface area contributed by atoms with Gasteiger partial charge in [-0.1, -0.05) is 11.6 Å². The summed E-state index contributed by atoms with van der Waals surface area (Å²) < 4.78 is 5.21. The number of halogens is 1. The van der Waals surface area contributed by atoms with Crippen LogP contribution < -0.4 is 10.6 Å². The van der Waals surface area contributed by atoms with Crippen molar-refractivity contribution in [2.24, 2.45) is 5.73 Å². The van der Waals surface area contributed by atoms with E-state index in [0.717, 1.165) is 0 Å². The number of carbonyl (C=O) groups is 1. The Morgan fingerprint density at radius 2 is 2.50 bits per heavy atom. The number of pyridine rings is 1. The van der Waals surface area contributed by atoms with Gasteiger partial charge in [0.2, 0.25) is 5.91 Å². The number of nitrogens with zero attached hydrogens (tertiary/aromatic N) is 3. The summed E-state index contributed by atoms with van der Waals surface area (Å²) in [5.41, 5.74) is 5.69. The monoisotopic (exact) mass is 266 g/mol. The minimum atomic E-state index is -0.586. The van der Waals surface area contributed by atoms with E-state index in [1.807, 2.05) is 6.07 Å². The van der Waals surface area contributed by atoms with Gasteiger partial charge in [-0.3, -0.25) is 4.79 Å². The molecule has 2 heterocycles. The minimum absolute atomic E-state index is 0.216. The molecule has 1 aliphatic rings. The number of ether oxygens (including phenoxy) is 1. The van der Waals surface area contributed by atoms with E-state index in [2.05, 4.69) is 4.98 Å². The molecule has 0 saturated carbocycles. The van der Waals surface area contributed by atoms with E-state index in [0.29, 0.717) is 29.6 Å². The van der Waals surface area contributed by atoms with Crippen molar-refractivity contribution in [2.75, 3.05) is 24.7 Å². The van der Waals surface area contributed by atoms with Crippen molar-refractivity contribution in [1.82, 2.24) is 4.98 Å². The van der Waals surface area contributed by atoms with Crippen LogP contribution in [0.3, 0.4) is 0 Å². The van der Waals surface area contributed by atoms with E-state index in [-0.39, 0.29) is 6.61 Å². The summed E-state index contributed by atoms with van der Waals surface area (Å²) in [5, 5.41) is 9.07. The van der Waals surface area contributed by atoms with Crippen LogP contribution in [0.25, 0.3) is 0 Å². The van der Waals surface area contributed by atoms with Gasteiger partial charge in [0.05, 0.1) is 23.8 Å². The molecule has 1 aromatic heterocycles. The molecule has 18 heavy (non-hydrogen) atoms. The average Bonchev–Trinajstić information content (AvgIpc) is 2.38. The lowest BCUT2D eigenvalue weighted by atomic mass is 10.2. The van der Waals surface area contributed by atoms with Gasteiger partial charge >= 0.3 is 0 Å². The Morgan fingerprint density at radius 1 is 1.72 bits per heavy atom. The second-order valence-corrected chi connectivity index (χ2v) is 4.23. The standard InChI is InChI=1S/C11H11ClN4O2/c12-8-3-7(4-13)5-15-11(8)16-1-2-18-6-9(16)10(14)17/h3,5,9H,1-2,6H2,(H2,14,17)/t9-/m1/s1. The van der Waals surface area contributed by atoms with Crippen LogP contribution in [0.4, 0.5) is 5.82 Å².